The number of benzene rings is 2. The molecule has 1 unspecified atom stereocenters. The van der Waals surface area contributed by atoms with E-state index < -0.39 is 6.04 Å². The van der Waals surface area contributed by atoms with Gasteiger partial charge in [-0.1, -0.05) is 55.8 Å². The van der Waals surface area contributed by atoms with E-state index in [0.29, 0.717) is 13.1 Å². The van der Waals surface area contributed by atoms with Crippen molar-refractivity contribution in [3.63, 3.8) is 0 Å². The smallest absolute Gasteiger partial charge is 0.250 e. The highest BCUT2D eigenvalue weighted by Gasteiger charge is 2.30. The second-order valence-electron chi connectivity index (χ2n) is 6.88. The van der Waals surface area contributed by atoms with Crippen LogP contribution in [-0.4, -0.2) is 37.6 Å². The zero-order valence-electron chi connectivity index (χ0n) is 17.6. The average Bonchev–Trinajstić information content (AvgIpc) is 2.77. The molecule has 0 aliphatic heterocycles. The molecule has 2 aromatic carbocycles. The number of ether oxygens (including phenoxy) is 1. The van der Waals surface area contributed by atoms with Crippen LogP contribution in [0.2, 0.25) is 0 Å². The van der Waals surface area contributed by atoms with Crippen molar-refractivity contribution in [2.24, 2.45) is 0 Å². The van der Waals surface area contributed by atoms with Gasteiger partial charge in [-0.3, -0.25) is 4.79 Å². The summed E-state index contributed by atoms with van der Waals surface area (Å²) in [5, 5.41) is 0. The quantitative estimate of drug-likeness (QED) is 0.463. The van der Waals surface area contributed by atoms with E-state index in [1.165, 1.54) is 0 Å². The van der Waals surface area contributed by atoms with Crippen LogP contribution >= 0.6 is 0 Å². The van der Waals surface area contributed by atoms with Crippen molar-refractivity contribution in [2.45, 2.75) is 25.8 Å². The summed E-state index contributed by atoms with van der Waals surface area (Å²) in [5.41, 5.74) is 1.97. The van der Waals surface area contributed by atoms with Gasteiger partial charge in [0.1, 0.15) is 11.8 Å². The highest BCUT2D eigenvalue weighted by atomic mass is 16.5. The molecule has 4 nitrogen and oxygen atoms in total. The van der Waals surface area contributed by atoms with Gasteiger partial charge in [0.2, 0.25) is 5.91 Å². The Kier molecular flexibility index (Phi) is 9.03. The molecule has 154 valence electrons. The highest BCUT2D eigenvalue weighted by molar-refractivity contribution is 5.87. The van der Waals surface area contributed by atoms with E-state index in [1.807, 2.05) is 54.6 Å². The molecule has 0 saturated heterocycles. The lowest BCUT2D eigenvalue weighted by atomic mass is 10.0. The summed E-state index contributed by atoms with van der Waals surface area (Å²) in [6.45, 7) is 11.5. The van der Waals surface area contributed by atoms with Crippen molar-refractivity contribution < 1.29 is 9.53 Å². The second-order valence-corrected chi connectivity index (χ2v) is 6.88. The topological polar surface area (TPSA) is 32.8 Å². The number of amides is 1. The average molecular weight is 393 g/mol. The van der Waals surface area contributed by atoms with Gasteiger partial charge in [0.15, 0.2) is 0 Å². The molecule has 0 aromatic heterocycles. The predicted octanol–water partition coefficient (Wildman–Crippen LogP) is 5.24. The summed E-state index contributed by atoms with van der Waals surface area (Å²) in [6, 6.07) is 17.5. The van der Waals surface area contributed by atoms with E-state index in [9.17, 15) is 4.79 Å². The summed E-state index contributed by atoms with van der Waals surface area (Å²) >= 11 is 0. The third-order valence-electron chi connectivity index (χ3n) is 4.83. The van der Waals surface area contributed by atoms with Crippen molar-refractivity contribution >= 4 is 11.6 Å². The normalized spacial score (nSPS) is 11.4. The first-order chi connectivity index (χ1) is 14.2. The lowest BCUT2D eigenvalue weighted by molar-refractivity contribution is -0.131. The van der Waals surface area contributed by atoms with E-state index in [0.717, 1.165) is 36.4 Å². The number of hydrogen-bond donors (Lipinski definition) is 0. The molecule has 2 rings (SSSR count). The summed E-state index contributed by atoms with van der Waals surface area (Å²) in [5.74, 6) is 0.842. The molecule has 0 N–H and O–H groups in total. The minimum absolute atomic E-state index is 0.0444. The van der Waals surface area contributed by atoms with Gasteiger partial charge in [0, 0.05) is 25.3 Å². The van der Waals surface area contributed by atoms with Gasteiger partial charge in [-0.2, -0.15) is 0 Å². The minimum atomic E-state index is -0.420. The Morgan fingerprint density at radius 2 is 1.66 bits per heavy atom. The van der Waals surface area contributed by atoms with Crippen LogP contribution in [0, 0.1) is 0 Å². The molecule has 0 saturated carbocycles. The van der Waals surface area contributed by atoms with Gasteiger partial charge < -0.3 is 14.5 Å². The van der Waals surface area contributed by atoms with Crippen LogP contribution in [0.1, 0.15) is 31.4 Å². The van der Waals surface area contributed by atoms with Crippen molar-refractivity contribution in [2.75, 3.05) is 31.6 Å². The number of hydrogen-bond acceptors (Lipinski definition) is 3. The molecule has 4 heteroatoms. The van der Waals surface area contributed by atoms with Gasteiger partial charge in [0.25, 0.3) is 0 Å². The Morgan fingerprint density at radius 3 is 2.17 bits per heavy atom. The number of rotatable bonds is 12. The maximum atomic E-state index is 13.7. The lowest BCUT2D eigenvalue weighted by Crippen LogP contribution is -2.44. The van der Waals surface area contributed by atoms with Crippen LogP contribution in [0.5, 0.6) is 5.75 Å². The molecule has 2 aromatic rings. The molecule has 29 heavy (non-hydrogen) atoms. The fourth-order valence-electron chi connectivity index (χ4n) is 3.34. The molecule has 0 radical (unpaired) electrons. The maximum absolute atomic E-state index is 13.7. The summed E-state index contributed by atoms with van der Waals surface area (Å²) in [7, 11) is 1.66. The molecular weight excluding hydrogens is 360 g/mol. The number of nitrogens with zero attached hydrogens (tertiary/aromatic N) is 2. The molecule has 1 amide bonds. The van der Waals surface area contributed by atoms with Crippen LogP contribution < -0.4 is 9.64 Å². The summed E-state index contributed by atoms with van der Waals surface area (Å²) in [4.78, 5) is 17.7. The van der Waals surface area contributed by atoms with E-state index in [-0.39, 0.29) is 5.91 Å². The fourth-order valence-corrected chi connectivity index (χ4v) is 3.34. The molecule has 1 atom stereocenters. The number of carbonyl (C=O) groups excluding carboxylic acids is 1. The van der Waals surface area contributed by atoms with E-state index in [2.05, 4.69) is 25.0 Å². The van der Waals surface area contributed by atoms with E-state index in [4.69, 9.17) is 4.74 Å². The lowest BCUT2D eigenvalue weighted by Gasteiger charge is -2.36. The SMILES string of the molecule is C=CCN(CC=C)C(=O)C(c1ccccc1)N(CCCC)c1ccc(OC)cc1. The largest absolute Gasteiger partial charge is 0.497 e. The van der Waals surface area contributed by atoms with Crippen molar-refractivity contribution in [1.29, 1.82) is 0 Å². The van der Waals surface area contributed by atoms with E-state index >= 15 is 0 Å². The zero-order valence-corrected chi connectivity index (χ0v) is 17.6. The molecule has 0 fully saturated rings. The Labute approximate surface area is 175 Å². The monoisotopic (exact) mass is 392 g/mol. The van der Waals surface area contributed by atoms with Gasteiger partial charge in [0.05, 0.1) is 7.11 Å². The Bertz CT molecular complexity index is 761. The molecule has 0 aliphatic rings. The van der Waals surface area contributed by atoms with Crippen molar-refractivity contribution in [3.05, 3.63) is 85.5 Å². The third-order valence-corrected chi connectivity index (χ3v) is 4.83. The van der Waals surface area contributed by atoms with E-state index in [1.54, 1.807) is 24.2 Å². The van der Waals surface area contributed by atoms with Crippen LogP contribution in [0.15, 0.2) is 79.9 Å². The second kappa shape index (κ2) is 11.7. The Hall–Kier alpha value is -3.01. The number of carbonyl (C=O) groups is 1. The Balaban J connectivity index is 2.52. The summed E-state index contributed by atoms with van der Waals surface area (Å²) < 4.78 is 5.31. The fraction of sp³-hybridized carbons (Fsp3) is 0.320. The number of anilines is 1. The van der Waals surface area contributed by atoms with Crippen LogP contribution in [0.3, 0.4) is 0 Å². The minimum Gasteiger partial charge on any atom is -0.497 e. The third kappa shape index (κ3) is 5.98. The highest BCUT2D eigenvalue weighted by Crippen LogP contribution is 2.31. The molecule has 0 bridgehead atoms. The molecule has 0 aliphatic carbocycles. The molecule has 0 spiro atoms. The molecule has 0 heterocycles. The van der Waals surface area contributed by atoms with Crippen molar-refractivity contribution in [3.8, 4) is 5.75 Å². The van der Waals surface area contributed by atoms with Gasteiger partial charge in [-0.05, 0) is 36.2 Å². The summed E-state index contributed by atoms with van der Waals surface area (Å²) in [6.07, 6.45) is 5.55. The number of unbranched alkanes of at least 4 members (excludes halogenated alkanes) is 1. The maximum Gasteiger partial charge on any atom is 0.250 e. The van der Waals surface area contributed by atoms with Gasteiger partial charge in [-0.15, -0.1) is 13.2 Å². The zero-order chi connectivity index (χ0) is 21.1. The first-order valence-electron chi connectivity index (χ1n) is 10.1. The standard InChI is InChI=1S/C25H32N2O2/c1-5-8-20-27(22-14-16-23(29-4)17-15-22)24(21-12-10-9-11-13-21)25(28)26(18-6-2)19-7-3/h6-7,9-17,24H,2-3,5,8,18-20H2,1,4H3. The van der Waals surface area contributed by atoms with Gasteiger partial charge in [-0.25, -0.2) is 0 Å². The van der Waals surface area contributed by atoms with Gasteiger partial charge >= 0.3 is 0 Å². The molecular formula is C25H32N2O2. The Morgan fingerprint density at radius 1 is 1.03 bits per heavy atom. The van der Waals surface area contributed by atoms with Crippen LogP contribution in [-0.2, 0) is 4.79 Å². The van der Waals surface area contributed by atoms with Crippen LogP contribution in [0.4, 0.5) is 5.69 Å². The van der Waals surface area contributed by atoms with Crippen LogP contribution in [0.25, 0.3) is 0 Å². The first kappa shape index (κ1) is 22.3. The first-order valence-corrected chi connectivity index (χ1v) is 10.1. The number of methoxy groups -OCH3 is 1. The predicted molar refractivity (Wildman–Crippen MR) is 121 cm³/mol. The van der Waals surface area contributed by atoms with Crippen molar-refractivity contribution in [1.82, 2.24) is 4.90 Å².